The number of aromatic nitrogens is 7. The number of nitrogens with zero attached hydrogens (tertiary/aromatic N) is 7. The van der Waals surface area contributed by atoms with Crippen molar-refractivity contribution in [2.45, 2.75) is 64.2 Å². The molecule has 0 amide bonds. The van der Waals surface area contributed by atoms with Crippen molar-refractivity contribution >= 4 is 16.7 Å². The Morgan fingerprint density at radius 3 is 2.68 bits per heavy atom. The SMILES string of the molecule is Cc1noc(C)c1C12C[C@@H]3C[C@H](CC(Cc4nc5c6cnn(C)c6ncn5n4)(C3)C1)C2. The average molecular weight is 418 g/mol. The van der Waals surface area contributed by atoms with Crippen LogP contribution in [0.3, 0.4) is 0 Å². The van der Waals surface area contributed by atoms with Gasteiger partial charge in [0.25, 0.3) is 0 Å². The van der Waals surface area contributed by atoms with Gasteiger partial charge >= 0.3 is 0 Å². The second-order valence-electron chi connectivity index (χ2n) is 10.7. The largest absolute Gasteiger partial charge is 0.361 e. The van der Waals surface area contributed by atoms with Crippen LogP contribution < -0.4 is 0 Å². The van der Waals surface area contributed by atoms with Crippen molar-refractivity contribution in [1.29, 1.82) is 0 Å². The summed E-state index contributed by atoms with van der Waals surface area (Å²) in [7, 11) is 1.91. The molecule has 8 nitrogen and oxygen atoms in total. The van der Waals surface area contributed by atoms with E-state index in [2.05, 4.69) is 29.1 Å². The van der Waals surface area contributed by atoms with Gasteiger partial charge in [-0.05, 0) is 69.6 Å². The first-order chi connectivity index (χ1) is 14.9. The highest BCUT2D eigenvalue weighted by molar-refractivity contribution is 5.88. The second-order valence-corrected chi connectivity index (χ2v) is 10.7. The Labute approximate surface area is 180 Å². The normalized spacial score (nSPS) is 32.0. The fourth-order valence-corrected chi connectivity index (χ4v) is 8.08. The third-order valence-corrected chi connectivity index (χ3v) is 8.39. The zero-order chi connectivity index (χ0) is 21.0. The van der Waals surface area contributed by atoms with Crippen LogP contribution in [0.5, 0.6) is 0 Å². The summed E-state index contributed by atoms with van der Waals surface area (Å²) in [5, 5.41) is 14.5. The first-order valence-corrected chi connectivity index (χ1v) is 11.4. The van der Waals surface area contributed by atoms with E-state index in [0.717, 1.165) is 52.2 Å². The molecule has 31 heavy (non-hydrogen) atoms. The molecular weight excluding hydrogens is 390 g/mol. The molecule has 4 heterocycles. The maximum atomic E-state index is 5.63. The Hall–Kier alpha value is -2.77. The molecule has 4 fully saturated rings. The van der Waals surface area contributed by atoms with E-state index in [1.807, 2.05) is 17.8 Å². The molecule has 0 unspecified atom stereocenters. The summed E-state index contributed by atoms with van der Waals surface area (Å²) in [5.74, 6) is 3.54. The molecule has 160 valence electrons. The number of fused-ring (bicyclic) bond motifs is 3. The van der Waals surface area contributed by atoms with Crippen LogP contribution in [0.1, 0.15) is 61.4 Å². The van der Waals surface area contributed by atoms with Crippen LogP contribution in [0, 0.1) is 31.1 Å². The monoisotopic (exact) mass is 417 g/mol. The molecular formula is C23H27N7O. The van der Waals surface area contributed by atoms with Crippen LogP contribution in [0.4, 0.5) is 0 Å². The second kappa shape index (κ2) is 5.72. The van der Waals surface area contributed by atoms with Gasteiger partial charge in [-0.25, -0.2) is 14.5 Å². The zero-order valence-electron chi connectivity index (χ0n) is 18.3. The van der Waals surface area contributed by atoms with Gasteiger partial charge in [-0.2, -0.15) is 5.10 Å². The molecule has 8 heteroatoms. The third kappa shape index (κ3) is 2.39. The molecule has 4 aliphatic carbocycles. The van der Waals surface area contributed by atoms with E-state index in [0.29, 0.717) is 0 Å². The lowest BCUT2D eigenvalue weighted by molar-refractivity contribution is -0.0731. The predicted molar refractivity (Wildman–Crippen MR) is 114 cm³/mol. The van der Waals surface area contributed by atoms with E-state index in [4.69, 9.17) is 14.6 Å². The molecule has 4 aromatic rings. The standard InChI is InChI=1S/C23H27N7O/c1-13-19(14(2)31-28-13)23-7-15-4-16(8-23)6-22(5-15,11-23)9-18-26-21-17-10-25-29(3)20(17)24-12-30(21)27-18/h10,12,15-16H,4-9,11H2,1-3H3/t15-,16-,22?,23?/m1/s1. The van der Waals surface area contributed by atoms with E-state index in [1.54, 1.807) is 11.0 Å². The lowest BCUT2D eigenvalue weighted by atomic mass is 9.42. The summed E-state index contributed by atoms with van der Waals surface area (Å²) < 4.78 is 9.24. The molecule has 4 aromatic heterocycles. The van der Waals surface area contributed by atoms with Crippen LogP contribution >= 0.6 is 0 Å². The molecule has 0 spiro atoms. The molecule has 0 radical (unpaired) electrons. The van der Waals surface area contributed by atoms with Gasteiger partial charge in [-0.3, -0.25) is 4.68 Å². The molecule has 4 aliphatic rings. The molecule has 4 bridgehead atoms. The summed E-state index contributed by atoms with van der Waals surface area (Å²) in [5.41, 5.74) is 4.68. The average Bonchev–Trinajstić information content (AvgIpc) is 3.37. The van der Waals surface area contributed by atoms with Gasteiger partial charge in [-0.1, -0.05) is 5.16 Å². The lowest BCUT2D eigenvalue weighted by Crippen LogP contribution is -2.55. The smallest absolute Gasteiger partial charge is 0.170 e. The first kappa shape index (κ1) is 17.9. The van der Waals surface area contributed by atoms with Crippen LogP contribution in [0.2, 0.25) is 0 Å². The first-order valence-electron chi connectivity index (χ1n) is 11.4. The topological polar surface area (TPSA) is 86.9 Å². The van der Waals surface area contributed by atoms with Crippen molar-refractivity contribution in [2.75, 3.05) is 0 Å². The molecule has 0 aliphatic heterocycles. The molecule has 4 saturated carbocycles. The van der Waals surface area contributed by atoms with E-state index >= 15 is 0 Å². The highest BCUT2D eigenvalue weighted by atomic mass is 16.5. The summed E-state index contributed by atoms with van der Waals surface area (Å²) in [4.78, 5) is 9.50. The van der Waals surface area contributed by atoms with Crippen molar-refractivity contribution < 1.29 is 4.52 Å². The number of rotatable bonds is 3. The minimum absolute atomic E-state index is 0.218. The van der Waals surface area contributed by atoms with Crippen LogP contribution in [-0.2, 0) is 18.9 Å². The third-order valence-electron chi connectivity index (χ3n) is 8.39. The summed E-state index contributed by atoms with van der Waals surface area (Å²) >= 11 is 0. The Kier molecular flexibility index (Phi) is 3.30. The van der Waals surface area contributed by atoms with Crippen molar-refractivity contribution in [3.63, 3.8) is 0 Å². The Morgan fingerprint density at radius 2 is 1.94 bits per heavy atom. The summed E-state index contributed by atoms with van der Waals surface area (Å²) in [6, 6.07) is 0. The van der Waals surface area contributed by atoms with Crippen LogP contribution in [0.25, 0.3) is 16.7 Å². The van der Waals surface area contributed by atoms with Gasteiger partial charge in [-0.15, -0.1) is 5.10 Å². The fourth-order valence-electron chi connectivity index (χ4n) is 8.08. The molecule has 8 rings (SSSR count). The Morgan fingerprint density at radius 1 is 1.13 bits per heavy atom. The minimum Gasteiger partial charge on any atom is -0.361 e. The minimum atomic E-state index is 0.218. The molecule has 0 N–H and O–H groups in total. The van der Waals surface area contributed by atoms with Gasteiger partial charge in [0.15, 0.2) is 17.1 Å². The Balaban J connectivity index is 1.30. The van der Waals surface area contributed by atoms with Crippen molar-refractivity contribution in [3.05, 3.63) is 35.4 Å². The van der Waals surface area contributed by atoms with E-state index in [9.17, 15) is 0 Å². The van der Waals surface area contributed by atoms with Crippen LogP contribution in [0.15, 0.2) is 17.0 Å². The van der Waals surface area contributed by atoms with E-state index < -0.39 is 0 Å². The van der Waals surface area contributed by atoms with Gasteiger partial charge in [0.2, 0.25) is 0 Å². The Bertz CT molecular complexity index is 1310. The van der Waals surface area contributed by atoms with E-state index in [-0.39, 0.29) is 10.8 Å². The maximum absolute atomic E-state index is 5.63. The van der Waals surface area contributed by atoms with Crippen molar-refractivity contribution in [1.82, 2.24) is 34.5 Å². The van der Waals surface area contributed by atoms with E-state index in [1.165, 1.54) is 44.1 Å². The summed E-state index contributed by atoms with van der Waals surface area (Å²) in [6.07, 6.45) is 12.3. The van der Waals surface area contributed by atoms with Crippen molar-refractivity contribution in [2.24, 2.45) is 24.3 Å². The van der Waals surface area contributed by atoms with Gasteiger partial charge < -0.3 is 4.52 Å². The molecule has 2 atom stereocenters. The highest BCUT2D eigenvalue weighted by Crippen LogP contribution is 2.67. The number of aryl methyl sites for hydroxylation is 3. The number of hydrogen-bond donors (Lipinski definition) is 0. The van der Waals surface area contributed by atoms with Gasteiger partial charge in [0.05, 0.1) is 17.3 Å². The quantitative estimate of drug-likeness (QED) is 0.505. The predicted octanol–water partition coefficient (Wildman–Crippen LogP) is 3.70. The zero-order valence-corrected chi connectivity index (χ0v) is 18.3. The number of hydrogen-bond acceptors (Lipinski definition) is 6. The van der Waals surface area contributed by atoms with Gasteiger partial charge in [0.1, 0.15) is 12.1 Å². The fraction of sp³-hybridized carbons (Fsp3) is 0.609. The molecule has 0 saturated heterocycles. The lowest BCUT2D eigenvalue weighted by Gasteiger charge is -2.62. The van der Waals surface area contributed by atoms with Crippen molar-refractivity contribution in [3.8, 4) is 0 Å². The maximum Gasteiger partial charge on any atom is 0.170 e. The van der Waals surface area contributed by atoms with Crippen LogP contribution in [-0.4, -0.2) is 34.5 Å². The highest BCUT2D eigenvalue weighted by Gasteiger charge is 2.59. The van der Waals surface area contributed by atoms with Gasteiger partial charge in [0, 0.05) is 24.4 Å². The summed E-state index contributed by atoms with van der Waals surface area (Å²) in [6.45, 7) is 4.21. The molecule has 0 aromatic carbocycles.